The van der Waals surface area contributed by atoms with Gasteiger partial charge < -0.3 is 20.0 Å². The van der Waals surface area contributed by atoms with Crippen LogP contribution in [0.15, 0.2) is 0 Å². The van der Waals surface area contributed by atoms with Crippen LogP contribution in [0.5, 0.6) is 0 Å². The Morgan fingerprint density at radius 2 is 1.71 bits per heavy atom. The lowest BCUT2D eigenvalue weighted by Gasteiger charge is -2.30. The Morgan fingerprint density at radius 1 is 0.964 bits per heavy atom. The van der Waals surface area contributed by atoms with Crippen molar-refractivity contribution in [2.45, 2.75) is 70.5 Å². The number of hydrogen-bond acceptors (Lipinski definition) is 4. The molecule has 2 heterocycles. The summed E-state index contributed by atoms with van der Waals surface area (Å²) in [7, 11) is 0. The molecule has 4 rings (SSSR count). The van der Waals surface area contributed by atoms with E-state index >= 15 is 0 Å². The van der Waals surface area contributed by atoms with Crippen molar-refractivity contribution < 1.29 is 14.4 Å². The Labute approximate surface area is 167 Å². The zero-order chi connectivity index (χ0) is 19.8. The van der Waals surface area contributed by atoms with Gasteiger partial charge in [-0.2, -0.15) is 0 Å². The molecule has 2 unspecified atom stereocenters. The number of carbonyl (C=O) groups excluding carboxylic acids is 3. The van der Waals surface area contributed by atoms with Gasteiger partial charge in [0.1, 0.15) is 6.04 Å². The van der Waals surface area contributed by atoms with Gasteiger partial charge in [0, 0.05) is 44.1 Å². The third-order valence-electron chi connectivity index (χ3n) is 6.51. The van der Waals surface area contributed by atoms with Crippen LogP contribution in [0.2, 0.25) is 0 Å². The molecule has 0 aromatic rings. The molecule has 2 atom stereocenters. The summed E-state index contributed by atoms with van der Waals surface area (Å²) in [6.45, 7) is 7.57. The zero-order valence-electron chi connectivity index (χ0n) is 17.2. The maximum atomic E-state index is 13.4. The largest absolute Gasteiger partial charge is 0.340 e. The van der Waals surface area contributed by atoms with Gasteiger partial charge in [0.15, 0.2) is 0 Å². The number of rotatable bonds is 5. The topological polar surface area (TPSA) is 73.0 Å². The molecule has 2 saturated carbocycles. The van der Waals surface area contributed by atoms with Crippen molar-refractivity contribution >= 4 is 17.7 Å². The third kappa shape index (κ3) is 4.04. The molecule has 0 aromatic carbocycles. The first-order chi connectivity index (χ1) is 13.5. The molecule has 2 saturated heterocycles. The highest BCUT2D eigenvalue weighted by Crippen LogP contribution is 2.38. The lowest BCUT2D eigenvalue weighted by atomic mass is 10.1. The van der Waals surface area contributed by atoms with Gasteiger partial charge >= 0.3 is 0 Å². The maximum absolute atomic E-state index is 13.4. The van der Waals surface area contributed by atoms with Crippen LogP contribution >= 0.6 is 0 Å². The quantitative estimate of drug-likeness (QED) is 0.755. The molecule has 3 amide bonds. The summed E-state index contributed by atoms with van der Waals surface area (Å²) in [6, 6.07) is -0.129. The fourth-order valence-electron chi connectivity index (χ4n) is 4.64. The second-order valence-electron chi connectivity index (χ2n) is 9.23. The average Bonchev–Trinajstić information content (AvgIpc) is 3.55. The minimum Gasteiger partial charge on any atom is -0.340 e. The molecule has 0 aromatic heterocycles. The van der Waals surface area contributed by atoms with E-state index in [-0.39, 0.29) is 35.6 Å². The van der Waals surface area contributed by atoms with Gasteiger partial charge in [0.05, 0.1) is 6.04 Å². The van der Waals surface area contributed by atoms with Crippen molar-refractivity contribution in [3.05, 3.63) is 0 Å². The van der Waals surface area contributed by atoms with Crippen LogP contribution in [0.25, 0.3) is 0 Å². The summed E-state index contributed by atoms with van der Waals surface area (Å²) >= 11 is 0. The van der Waals surface area contributed by atoms with Crippen molar-refractivity contribution in [1.82, 2.24) is 20.0 Å². The Kier molecular flexibility index (Phi) is 5.63. The number of nitrogens with zero attached hydrogens (tertiary/aromatic N) is 3. The van der Waals surface area contributed by atoms with E-state index in [2.05, 4.69) is 5.32 Å². The van der Waals surface area contributed by atoms with Crippen LogP contribution in [0.3, 0.4) is 0 Å². The fraction of sp³-hybridized carbons (Fsp3) is 0.857. The fourth-order valence-corrected chi connectivity index (χ4v) is 4.64. The predicted octanol–water partition coefficient (Wildman–Crippen LogP) is 0.835. The first-order valence-corrected chi connectivity index (χ1v) is 11.1. The Balaban J connectivity index is 1.53. The van der Waals surface area contributed by atoms with Gasteiger partial charge in [-0.3, -0.25) is 14.4 Å². The van der Waals surface area contributed by atoms with Crippen LogP contribution in [-0.4, -0.2) is 83.3 Å². The summed E-state index contributed by atoms with van der Waals surface area (Å²) in [4.78, 5) is 45.0. The molecule has 7 nitrogen and oxygen atoms in total. The predicted molar refractivity (Wildman–Crippen MR) is 105 cm³/mol. The third-order valence-corrected chi connectivity index (χ3v) is 6.51. The van der Waals surface area contributed by atoms with Crippen molar-refractivity contribution in [2.24, 2.45) is 11.8 Å². The lowest BCUT2D eigenvalue weighted by Crippen LogP contribution is -2.49. The molecule has 2 aliphatic carbocycles. The molecule has 4 aliphatic rings. The van der Waals surface area contributed by atoms with Crippen LogP contribution in [0, 0.1) is 11.8 Å². The SMILES string of the molecule is CC(C)C(=O)N(C1CC1)C1CC(C(=O)N2CCCNCC2)N(C(=O)C2CC2)C1. The van der Waals surface area contributed by atoms with Gasteiger partial charge in [-0.15, -0.1) is 0 Å². The molecule has 0 spiro atoms. The van der Waals surface area contributed by atoms with E-state index in [4.69, 9.17) is 0 Å². The lowest BCUT2D eigenvalue weighted by molar-refractivity contribution is -0.144. The molecule has 2 aliphatic heterocycles. The van der Waals surface area contributed by atoms with E-state index in [9.17, 15) is 14.4 Å². The number of nitrogens with one attached hydrogen (secondary N) is 1. The van der Waals surface area contributed by atoms with E-state index in [1.165, 1.54) is 0 Å². The van der Waals surface area contributed by atoms with Crippen molar-refractivity contribution in [2.75, 3.05) is 32.7 Å². The van der Waals surface area contributed by atoms with E-state index < -0.39 is 6.04 Å². The van der Waals surface area contributed by atoms with Gasteiger partial charge in [-0.05, 0) is 45.1 Å². The highest BCUT2D eigenvalue weighted by atomic mass is 16.2. The van der Waals surface area contributed by atoms with Gasteiger partial charge in [0.2, 0.25) is 17.7 Å². The Morgan fingerprint density at radius 3 is 2.36 bits per heavy atom. The zero-order valence-corrected chi connectivity index (χ0v) is 17.2. The summed E-state index contributed by atoms with van der Waals surface area (Å²) in [6.07, 6.45) is 5.50. The van der Waals surface area contributed by atoms with Crippen LogP contribution in [0.4, 0.5) is 0 Å². The monoisotopic (exact) mass is 390 g/mol. The smallest absolute Gasteiger partial charge is 0.245 e. The standard InChI is InChI=1S/C21H34N4O3/c1-14(2)19(26)25(16-6-7-16)17-12-18(24(13-17)20(27)15-4-5-15)21(28)23-10-3-8-22-9-11-23/h14-18,22H,3-13H2,1-2H3. The van der Waals surface area contributed by atoms with Crippen LogP contribution in [0.1, 0.15) is 52.4 Å². The summed E-state index contributed by atoms with van der Waals surface area (Å²) in [5.74, 6) is 0.405. The first-order valence-electron chi connectivity index (χ1n) is 11.1. The second kappa shape index (κ2) is 8.01. The molecular weight excluding hydrogens is 356 g/mol. The average molecular weight is 391 g/mol. The summed E-state index contributed by atoms with van der Waals surface area (Å²) < 4.78 is 0. The van der Waals surface area contributed by atoms with E-state index in [1.807, 2.05) is 28.5 Å². The minimum atomic E-state index is -0.405. The maximum Gasteiger partial charge on any atom is 0.245 e. The highest BCUT2D eigenvalue weighted by molar-refractivity contribution is 5.90. The van der Waals surface area contributed by atoms with E-state index in [1.54, 1.807) is 0 Å². The number of carbonyl (C=O) groups is 3. The highest BCUT2D eigenvalue weighted by Gasteiger charge is 2.49. The van der Waals surface area contributed by atoms with Crippen LogP contribution in [-0.2, 0) is 14.4 Å². The number of amides is 3. The molecule has 1 N–H and O–H groups in total. The van der Waals surface area contributed by atoms with E-state index in [0.29, 0.717) is 25.6 Å². The summed E-state index contributed by atoms with van der Waals surface area (Å²) in [5, 5.41) is 3.34. The van der Waals surface area contributed by atoms with Crippen molar-refractivity contribution in [3.8, 4) is 0 Å². The van der Waals surface area contributed by atoms with Gasteiger partial charge in [-0.25, -0.2) is 0 Å². The molecular formula is C21H34N4O3. The molecule has 7 heteroatoms. The molecule has 28 heavy (non-hydrogen) atoms. The Bertz CT molecular complexity index is 621. The number of hydrogen-bond donors (Lipinski definition) is 1. The first kappa shape index (κ1) is 19.7. The van der Waals surface area contributed by atoms with Crippen molar-refractivity contribution in [1.29, 1.82) is 0 Å². The molecule has 156 valence electrons. The second-order valence-corrected chi connectivity index (χ2v) is 9.23. The Hall–Kier alpha value is -1.63. The minimum absolute atomic E-state index is 0.0239. The van der Waals surface area contributed by atoms with Crippen molar-refractivity contribution in [3.63, 3.8) is 0 Å². The van der Waals surface area contributed by atoms with Gasteiger partial charge in [-0.1, -0.05) is 13.8 Å². The molecule has 0 radical (unpaired) electrons. The summed E-state index contributed by atoms with van der Waals surface area (Å²) in [5.41, 5.74) is 0. The van der Waals surface area contributed by atoms with E-state index in [0.717, 1.165) is 51.7 Å². The normalized spacial score (nSPS) is 28.4. The van der Waals surface area contributed by atoms with Crippen LogP contribution < -0.4 is 5.32 Å². The number of likely N-dealkylation sites (tertiary alicyclic amines) is 1. The molecule has 4 fully saturated rings. The van der Waals surface area contributed by atoms with Gasteiger partial charge in [0.25, 0.3) is 0 Å². The molecule has 0 bridgehead atoms.